The molecule has 5 fully saturated rings. The third-order valence-electron chi connectivity index (χ3n) is 12.6. The van der Waals surface area contributed by atoms with Gasteiger partial charge in [-0.3, -0.25) is 4.79 Å². The van der Waals surface area contributed by atoms with E-state index in [0.717, 1.165) is 62.9 Å². The number of rotatable bonds is 5. The van der Waals surface area contributed by atoms with Gasteiger partial charge in [0.15, 0.2) is 5.79 Å². The minimum absolute atomic E-state index is 0.0190. The number of esters is 1. The molecule has 0 aromatic rings. The quantitative estimate of drug-likeness (QED) is 0.214. The molecule has 0 amide bonds. The van der Waals surface area contributed by atoms with Gasteiger partial charge in [0.2, 0.25) is 0 Å². The Morgan fingerprint density at radius 1 is 1.08 bits per heavy atom. The first-order chi connectivity index (χ1) is 17.7. The number of allylic oxidation sites excluding steroid dienone is 1. The second-order valence-corrected chi connectivity index (χ2v) is 14.6. The highest BCUT2D eigenvalue weighted by Gasteiger charge is 2.68. The van der Waals surface area contributed by atoms with Crippen LogP contribution < -0.4 is 0 Å². The first-order valence-electron chi connectivity index (χ1n) is 15.9. The summed E-state index contributed by atoms with van der Waals surface area (Å²) >= 11 is 0. The van der Waals surface area contributed by atoms with E-state index in [2.05, 4.69) is 40.7 Å². The lowest BCUT2D eigenvalue weighted by molar-refractivity contribution is -0.272. The summed E-state index contributed by atoms with van der Waals surface area (Å²) in [5.41, 5.74) is 2.25. The van der Waals surface area contributed by atoms with E-state index in [0.29, 0.717) is 35.7 Å². The predicted octanol–water partition coefficient (Wildman–Crippen LogP) is 7.85. The fraction of sp³-hybridized carbons (Fsp3) is 0.909. The van der Waals surface area contributed by atoms with Crippen molar-refractivity contribution in [3.05, 3.63) is 11.6 Å². The van der Waals surface area contributed by atoms with E-state index in [1.165, 1.54) is 38.5 Å². The van der Waals surface area contributed by atoms with Crippen LogP contribution in [-0.4, -0.2) is 30.6 Å². The molecule has 0 unspecified atom stereocenters. The fourth-order valence-corrected chi connectivity index (χ4v) is 10.5. The van der Waals surface area contributed by atoms with Gasteiger partial charge in [-0.15, -0.1) is 0 Å². The van der Waals surface area contributed by atoms with E-state index in [9.17, 15) is 4.79 Å². The molecule has 4 nitrogen and oxygen atoms in total. The first kappa shape index (κ1) is 26.4. The van der Waals surface area contributed by atoms with Gasteiger partial charge < -0.3 is 14.2 Å². The van der Waals surface area contributed by atoms with Crippen molar-refractivity contribution in [1.82, 2.24) is 0 Å². The van der Waals surface area contributed by atoms with Crippen molar-refractivity contribution in [3.63, 3.8) is 0 Å². The normalized spacial score (nSPS) is 50.6. The molecule has 6 aliphatic rings. The number of hydrogen-bond donors (Lipinski definition) is 0. The molecule has 6 rings (SSSR count). The molecule has 4 aliphatic carbocycles. The minimum atomic E-state index is -0.315. The van der Waals surface area contributed by atoms with Crippen LogP contribution in [0.3, 0.4) is 0 Å². The van der Waals surface area contributed by atoms with Gasteiger partial charge in [-0.05, 0) is 91.8 Å². The van der Waals surface area contributed by atoms with Gasteiger partial charge in [-0.1, -0.05) is 59.1 Å². The van der Waals surface area contributed by atoms with Crippen LogP contribution in [0.4, 0.5) is 0 Å². The molecule has 0 N–H and O–H groups in total. The van der Waals surface area contributed by atoms with Gasteiger partial charge in [0.1, 0.15) is 6.10 Å². The highest BCUT2D eigenvalue weighted by Crippen LogP contribution is 2.70. The summed E-state index contributed by atoms with van der Waals surface area (Å²) < 4.78 is 19.4. The molecule has 2 saturated heterocycles. The Hall–Kier alpha value is -0.870. The third-order valence-corrected chi connectivity index (χ3v) is 12.6. The Labute approximate surface area is 225 Å². The van der Waals surface area contributed by atoms with Crippen molar-refractivity contribution in [2.24, 2.45) is 46.3 Å². The highest BCUT2D eigenvalue weighted by molar-refractivity contribution is 5.69. The zero-order chi connectivity index (χ0) is 26.0. The average molecular weight is 513 g/mol. The summed E-state index contributed by atoms with van der Waals surface area (Å²) in [7, 11) is 0. The van der Waals surface area contributed by atoms with E-state index in [-0.39, 0.29) is 23.3 Å². The van der Waals surface area contributed by atoms with Crippen molar-refractivity contribution in [1.29, 1.82) is 0 Å². The van der Waals surface area contributed by atoms with E-state index in [1.807, 2.05) is 0 Å². The van der Waals surface area contributed by atoms with Crippen molar-refractivity contribution < 1.29 is 19.0 Å². The Morgan fingerprint density at radius 2 is 1.92 bits per heavy atom. The molecule has 1 spiro atoms. The third kappa shape index (κ3) is 4.17. The Bertz CT molecular complexity index is 902. The number of hydrogen-bond acceptors (Lipinski definition) is 4. The lowest BCUT2D eigenvalue weighted by Crippen LogP contribution is -2.52. The largest absolute Gasteiger partial charge is 0.462 e. The van der Waals surface area contributed by atoms with Crippen LogP contribution in [-0.2, 0) is 19.0 Å². The van der Waals surface area contributed by atoms with Gasteiger partial charge in [0.05, 0.1) is 12.7 Å². The van der Waals surface area contributed by atoms with Gasteiger partial charge in [0.25, 0.3) is 0 Å². The molecular formula is C33H52O4. The van der Waals surface area contributed by atoms with E-state index in [1.54, 1.807) is 5.57 Å². The number of carbonyl (C=O) groups is 1. The SMILES string of the molecule is CCCCCC(=O)O[C@H]1CC[C@@]2(C)C(=CC[C@H]3[C@@H]4C[C@@H]5O[C@@]6(CC[C@@H](C)CO6)[C@@H](C)[C@@H]5[C@@]4(C)CC[C@@H]32)C1. The maximum absolute atomic E-state index is 12.4. The van der Waals surface area contributed by atoms with Crippen molar-refractivity contribution >= 4 is 5.97 Å². The molecule has 11 atom stereocenters. The van der Waals surface area contributed by atoms with Crippen molar-refractivity contribution in [3.8, 4) is 0 Å². The fourth-order valence-electron chi connectivity index (χ4n) is 10.5. The van der Waals surface area contributed by atoms with Gasteiger partial charge in [0, 0.05) is 25.2 Å². The molecule has 2 aliphatic heterocycles. The summed E-state index contributed by atoms with van der Waals surface area (Å²) in [4.78, 5) is 12.4. The van der Waals surface area contributed by atoms with Gasteiger partial charge >= 0.3 is 5.97 Å². The zero-order valence-corrected chi connectivity index (χ0v) is 24.2. The highest BCUT2D eigenvalue weighted by atomic mass is 16.7. The smallest absolute Gasteiger partial charge is 0.306 e. The molecule has 37 heavy (non-hydrogen) atoms. The van der Waals surface area contributed by atoms with E-state index >= 15 is 0 Å². The molecule has 0 radical (unpaired) electrons. The average Bonchev–Trinajstić information content (AvgIpc) is 3.31. The van der Waals surface area contributed by atoms with Crippen LogP contribution >= 0.6 is 0 Å². The second-order valence-electron chi connectivity index (χ2n) is 14.6. The summed E-state index contributed by atoms with van der Waals surface area (Å²) in [5, 5.41) is 0. The van der Waals surface area contributed by atoms with Crippen LogP contribution in [0.5, 0.6) is 0 Å². The van der Waals surface area contributed by atoms with Gasteiger partial charge in [-0.2, -0.15) is 0 Å². The van der Waals surface area contributed by atoms with E-state index in [4.69, 9.17) is 14.2 Å². The number of ether oxygens (including phenoxy) is 3. The van der Waals surface area contributed by atoms with Crippen LogP contribution in [0.1, 0.15) is 118 Å². The summed E-state index contributed by atoms with van der Waals surface area (Å²) in [6, 6.07) is 0. The molecular weight excluding hydrogens is 460 g/mol. The number of fused-ring (bicyclic) bond motifs is 7. The monoisotopic (exact) mass is 512 g/mol. The second kappa shape index (κ2) is 9.65. The molecule has 208 valence electrons. The maximum Gasteiger partial charge on any atom is 0.306 e. The Balaban J connectivity index is 1.15. The van der Waals surface area contributed by atoms with Gasteiger partial charge in [-0.25, -0.2) is 0 Å². The maximum atomic E-state index is 12.4. The predicted molar refractivity (Wildman–Crippen MR) is 146 cm³/mol. The van der Waals surface area contributed by atoms with Crippen LogP contribution in [0, 0.1) is 46.3 Å². The Morgan fingerprint density at radius 3 is 2.68 bits per heavy atom. The lowest BCUT2D eigenvalue weighted by atomic mass is 9.47. The standard InChI is InChI=1S/C33H52O4/c1-6-7-8-9-29(34)36-24-13-15-31(4)23(18-24)10-11-25-26(31)14-16-32(5)27(25)19-28-30(32)22(3)33(37-28)17-12-21(2)20-35-33/h10,21-22,24-28,30H,6-9,11-20H2,1-5H3/t21-,22+,24+,25-,26+,27+,28+,30+,31+,32+,33+/m1/s1. The molecule has 0 bridgehead atoms. The van der Waals surface area contributed by atoms with Crippen LogP contribution in [0.15, 0.2) is 11.6 Å². The minimum Gasteiger partial charge on any atom is -0.462 e. The lowest BCUT2D eigenvalue weighted by Gasteiger charge is -2.58. The van der Waals surface area contributed by atoms with Crippen molar-refractivity contribution in [2.45, 2.75) is 136 Å². The van der Waals surface area contributed by atoms with Crippen LogP contribution in [0.25, 0.3) is 0 Å². The number of carbonyl (C=O) groups excluding carboxylic acids is 1. The summed E-state index contributed by atoms with van der Waals surface area (Å²) in [6.45, 7) is 13.0. The van der Waals surface area contributed by atoms with E-state index < -0.39 is 0 Å². The summed E-state index contributed by atoms with van der Waals surface area (Å²) in [5.74, 6) is 3.77. The molecule has 0 aromatic carbocycles. The topological polar surface area (TPSA) is 44.8 Å². The molecule has 3 saturated carbocycles. The first-order valence-corrected chi connectivity index (χ1v) is 15.9. The molecule has 4 heteroatoms. The molecule has 2 heterocycles. The molecule has 0 aromatic heterocycles. The summed E-state index contributed by atoms with van der Waals surface area (Å²) in [6.07, 6.45) is 17.4. The number of unbranched alkanes of at least 4 members (excludes halogenated alkanes) is 2. The zero-order valence-electron chi connectivity index (χ0n) is 24.2. The van der Waals surface area contributed by atoms with Crippen molar-refractivity contribution in [2.75, 3.05) is 6.61 Å². The van der Waals surface area contributed by atoms with Crippen LogP contribution in [0.2, 0.25) is 0 Å². The Kier molecular flexibility index (Phi) is 6.87.